The summed E-state index contributed by atoms with van der Waals surface area (Å²) >= 11 is 0. The van der Waals surface area contributed by atoms with Crippen LogP contribution in [0.15, 0.2) is 23.1 Å². The van der Waals surface area contributed by atoms with Crippen molar-refractivity contribution >= 4 is 21.4 Å². The van der Waals surface area contributed by atoms with Gasteiger partial charge in [-0.2, -0.15) is 4.31 Å². The number of non-ortho nitro benzene ring substituents is 1. The van der Waals surface area contributed by atoms with E-state index < -0.39 is 21.0 Å². The maximum atomic E-state index is 12.4. The van der Waals surface area contributed by atoms with Gasteiger partial charge in [-0.3, -0.25) is 16.0 Å². The summed E-state index contributed by atoms with van der Waals surface area (Å²) in [5, 5.41) is 19.8. The number of hydrogen-bond donors (Lipinski definition) is 3. The summed E-state index contributed by atoms with van der Waals surface area (Å²) in [6, 6.07) is 2.60. The van der Waals surface area contributed by atoms with E-state index in [0.717, 1.165) is 16.4 Å². The second kappa shape index (κ2) is 6.13. The predicted octanol–water partition coefficient (Wildman–Crippen LogP) is -0.118. The predicted molar refractivity (Wildman–Crippen MR) is 72.4 cm³/mol. The zero-order valence-corrected chi connectivity index (χ0v) is 11.8. The number of hydrazine groups is 1. The smallest absolute Gasteiger partial charge is 0.270 e. The summed E-state index contributed by atoms with van der Waals surface area (Å²) in [7, 11) is -2.75. The number of nitrogens with two attached hydrogens (primary N) is 1. The highest BCUT2D eigenvalue weighted by molar-refractivity contribution is 7.89. The van der Waals surface area contributed by atoms with E-state index in [4.69, 9.17) is 10.9 Å². The molecule has 0 aliphatic rings. The van der Waals surface area contributed by atoms with Crippen LogP contribution < -0.4 is 11.3 Å². The number of nitro benzene ring substituents is 1. The summed E-state index contributed by atoms with van der Waals surface area (Å²) in [4.78, 5) is 9.72. The Morgan fingerprint density at radius 3 is 2.60 bits per heavy atom. The highest BCUT2D eigenvalue weighted by atomic mass is 32.2. The van der Waals surface area contributed by atoms with Crippen LogP contribution in [0, 0.1) is 10.1 Å². The van der Waals surface area contributed by atoms with Crippen molar-refractivity contribution in [3.05, 3.63) is 28.3 Å². The number of hydrogen-bond acceptors (Lipinski definition) is 7. The molecule has 0 amide bonds. The van der Waals surface area contributed by atoms with Crippen molar-refractivity contribution in [3.8, 4) is 0 Å². The van der Waals surface area contributed by atoms with E-state index in [1.54, 1.807) is 0 Å². The van der Waals surface area contributed by atoms with Crippen molar-refractivity contribution in [2.75, 3.05) is 19.1 Å². The van der Waals surface area contributed by atoms with Crippen molar-refractivity contribution in [2.45, 2.75) is 17.9 Å². The molecule has 0 aliphatic carbocycles. The summed E-state index contributed by atoms with van der Waals surface area (Å²) in [6.45, 7) is 1.13. The van der Waals surface area contributed by atoms with Crippen LogP contribution in [0.1, 0.15) is 6.92 Å². The number of nitrogen functional groups attached to an aromatic ring is 1. The summed E-state index contributed by atoms with van der Waals surface area (Å²) in [5.74, 6) is 5.23. The zero-order valence-electron chi connectivity index (χ0n) is 11.0. The van der Waals surface area contributed by atoms with Crippen LogP contribution in [-0.4, -0.2) is 42.4 Å². The van der Waals surface area contributed by atoms with Crippen LogP contribution in [0.25, 0.3) is 0 Å². The highest BCUT2D eigenvalue weighted by Gasteiger charge is 2.29. The number of nitro groups is 1. The van der Waals surface area contributed by atoms with Crippen molar-refractivity contribution in [3.63, 3.8) is 0 Å². The number of nitrogens with zero attached hydrogens (tertiary/aromatic N) is 2. The minimum Gasteiger partial charge on any atom is -0.395 e. The quantitative estimate of drug-likeness (QED) is 0.378. The molecule has 0 aromatic heterocycles. The second-order valence-electron chi connectivity index (χ2n) is 4.13. The Morgan fingerprint density at radius 2 is 2.15 bits per heavy atom. The SMILES string of the molecule is CC(CO)N(C)S(=O)(=O)c1cc([N+](=O)[O-])ccc1NN. The van der Waals surface area contributed by atoms with Crippen molar-refractivity contribution in [1.29, 1.82) is 0 Å². The van der Waals surface area contributed by atoms with Crippen LogP contribution in [0.2, 0.25) is 0 Å². The fourth-order valence-electron chi connectivity index (χ4n) is 1.46. The van der Waals surface area contributed by atoms with Crippen LogP contribution >= 0.6 is 0 Å². The van der Waals surface area contributed by atoms with E-state index in [1.807, 2.05) is 0 Å². The highest BCUT2D eigenvalue weighted by Crippen LogP contribution is 2.28. The number of likely N-dealkylation sites (N-methyl/N-ethyl adjacent to an activating group) is 1. The topological polar surface area (TPSA) is 139 Å². The Balaban J connectivity index is 3.42. The standard InChI is InChI=1S/C10H16N4O5S/c1-7(6-15)13(2)20(18,19)10-5-8(14(16)17)3-4-9(10)12-11/h3-5,7,12,15H,6,11H2,1-2H3. The van der Waals surface area contributed by atoms with Gasteiger partial charge in [-0.1, -0.05) is 0 Å². The van der Waals surface area contributed by atoms with Crippen LogP contribution in [0.4, 0.5) is 11.4 Å². The largest absolute Gasteiger partial charge is 0.395 e. The average molecular weight is 304 g/mol. The minimum absolute atomic E-state index is 0.0348. The maximum absolute atomic E-state index is 12.4. The Hall–Kier alpha value is -1.75. The third-order valence-electron chi connectivity index (χ3n) is 2.87. The summed E-state index contributed by atoms with van der Waals surface area (Å²) < 4.78 is 25.7. The van der Waals surface area contributed by atoms with E-state index in [-0.39, 0.29) is 22.9 Å². The number of nitrogens with one attached hydrogen (secondary N) is 1. The zero-order chi connectivity index (χ0) is 15.5. The maximum Gasteiger partial charge on any atom is 0.270 e. The molecule has 1 atom stereocenters. The van der Waals surface area contributed by atoms with Gasteiger partial charge in [-0.05, 0) is 13.0 Å². The van der Waals surface area contributed by atoms with Gasteiger partial charge in [0, 0.05) is 25.2 Å². The van der Waals surface area contributed by atoms with Crippen molar-refractivity contribution in [2.24, 2.45) is 5.84 Å². The molecule has 1 aromatic rings. The van der Waals surface area contributed by atoms with Crippen LogP contribution in [0.3, 0.4) is 0 Å². The molecule has 0 saturated heterocycles. The Morgan fingerprint density at radius 1 is 1.55 bits per heavy atom. The van der Waals surface area contributed by atoms with Gasteiger partial charge in [-0.15, -0.1) is 0 Å². The van der Waals surface area contributed by atoms with Gasteiger partial charge < -0.3 is 10.5 Å². The van der Waals surface area contributed by atoms with E-state index in [1.165, 1.54) is 20.0 Å². The first-order valence-corrected chi connectivity index (χ1v) is 7.03. The van der Waals surface area contributed by atoms with E-state index in [2.05, 4.69) is 5.43 Å². The number of aliphatic hydroxyl groups excluding tert-OH is 1. The first-order valence-electron chi connectivity index (χ1n) is 5.59. The van der Waals surface area contributed by atoms with Gasteiger partial charge in [-0.25, -0.2) is 8.42 Å². The monoisotopic (exact) mass is 304 g/mol. The molecule has 0 aliphatic heterocycles. The molecule has 1 aromatic carbocycles. The lowest BCUT2D eigenvalue weighted by atomic mass is 10.3. The molecule has 0 spiro atoms. The van der Waals surface area contributed by atoms with Crippen LogP contribution in [0.5, 0.6) is 0 Å². The molecule has 112 valence electrons. The first-order chi connectivity index (χ1) is 9.25. The number of rotatable bonds is 6. The molecule has 20 heavy (non-hydrogen) atoms. The lowest BCUT2D eigenvalue weighted by molar-refractivity contribution is -0.385. The summed E-state index contributed by atoms with van der Waals surface area (Å²) in [5.41, 5.74) is 1.86. The molecule has 0 radical (unpaired) electrons. The number of anilines is 1. The number of aliphatic hydroxyl groups is 1. The van der Waals surface area contributed by atoms with Gasteiger partial charge in [0.25, 0.3) is 5.69 Å². The second-order valence-corrected chi connectivity index (χ2v) is 6.10. The van der Waals surface area contributed by atoms with Gasteiger partial charge in [0.2, 0.25) is 10.0 Å². The third-order valence-corrected chi connectivity index (χ3v) is 4.89. The molecular weight excluding hydrogens is 288 g/mol. The molecule has 4 N–H and O–H groups in total. The molecule has 0 bridgehead atoms. The van der Waals surface area contributed by atoms with Crippen molar-refractivity contribution < 1.29 is 18.4 Å². The van der Waals surface area contributed by atoms with Crippen LogP contribution in [-0.2, 0) is 10.0 Å². The van der Waals surface area contributed by atoms with E-state index >= 15 is 0 Å². The average Bonchev–Trinajstić information content (AvgIpc) is 2.44. The molecular formula is C10H16N4O5S. The Bertz CT molecular complexity index is 604. The summed E-state index contributed by atoms with van der Waals surface area (Å²) in [6.07, 6.45) is 0. The third kappa shape index (κ3) is 3.04. The first kappa shape index (κ1) is 16.3. The number of benzene rings is 1. The van der Waals surface area contributed by atoms with Gasteiger partial charge in [0.1, 0.15) is 4.90 Å². The van der Waals surface area contributed by atoms with Gasteiger partial charge in [0.05, 0.1) is 17.2 Å². The van der Waals surface area contributed by atoms with E-state index in [0.29, 0.717) is 0 Å². The Labute approximate surface area is 116 Å². The number of sulfonamides is 1. The molecule has 9 nitrogen and oxygen atoms in total. The molecule has 0 saturated carbocycles. The van der Waals surface area contributed by atoms with Gasteiger partial charge in [0.15, 0.2) is 0 Å². The fraction of sp³-hybridized carbons (Fsp3) is 0.400. The minimum atomic E-state index is -4.02. The Kier molecular flexibility index (Phi) is 5.00. The molecule has 1 unspecified atom stereocenters. The van der Waals surface area contributed by atoms with Gasteiger partial charge >= 0.3 is 0 Å². The molecule has 1 rings (SSSR count). The lowest BCUT2D eigenvalue weighted by Crippen LogP contribution is -2.37. The molecule has 0 fully saturated rings. The van der Waals surface area contributed by atoms with E-state index in [9.17, 15) is 18.5 Å². The fourth-order valence-corrected chi connectivity index (χ4v) is 2.99. The molecule has 10 heteroatoms. The lowest BCUT2D eigenvalue weighted by Gasteiger charge is -2.23. The normalized spacial score (nSPS) is 13.2. The molecule has 0 heterocycles. The van der Waals surface area contributed by atoms with Crippen molar-refractivity contribution in [1.82, 2.24) is 4.31 Å².